The van der Waals surface area contributed by atoms with Crippen molar-refractivity contribution in [3.05, 3.63) is 30.3 Å². The van der Waals surface area contributed by atoms with Crippen LogP contribution < -0.4 is 4.74 Å². The molecule has 0 aliphatic carbocycles. The fourth-order valence-corrected chi connectivity index (χ4v) is 3.54. The smallest absolute Gasteiger partial charge is 0.119 e. The van der Waals surface area contributed by atoms with Crippen LogP contribution >= 0.6 is 0 Å². The zero-order chi connectivity index (χ0) is 34.8. The van der Waals surface area contributed by atoms with Gasteiger partial charge in [-0.25, -0.2) is 0 Å². The quantitative estimate of drug-likeness (QED) is 0.0971. The Balaban J connectivity index is 1.60. The number of aliphatic hydroxyl groups excluding tert-OH is 1. The molecule has 0 heterocycles. The van der Waals surface area contributed by atoms with Crippen LogP contribution in [0.3, 0.4) is 0 Å². The highest BCUT2D eigenvalue weighted by molar-refractivity contribution is 5.20. The number of para-hydroxylation sites is 1. The molecule has 1 aromatic carbocycles. The summed E-state index contributed by atoms with van der Waals surface area (Å²) in [5.74, 6) is 0.841. The SMILES string of the molecule is OCCOCCOCCOCCOCCOCCOCCOCCOCCOCCOCCOCCOCCOCCOc1ccccc1. The maximum atomic E-state index is 8.58. The third-order valence-corrected chi connectivity index (χ3v) is 5.94. The van der Waals surface area contributed by atoms with E-state index in [-0.39, 0.29) is 6.61 Å². The monoisotopic (exact) mass is 710 g/mol. The Morgan fingerprint density at radius 2 is 0.469 bits per heavy atom. The van der Waals surface area contributed by atoms with Gasteiger partial charge in [-0.15, -0.1) is 0 Å². The molecule has 0 aromatic heterocycles. The highest BCUT2D eigenvalue weighted by atomic mass is 16.6. The van der Waals surface area contributed by atoms with E-state index in [1.807, 2.05) is 30.3 Å². The maximum Gasteiger partial charge on any atom is 0.119 e. The van der Waals surface area contributed by atoms with Gasteiger partial charge in [0.15, 0.2) is 0 Å². The topological polar surface area (TPSA) is 149 Å². The predicted octanol–water partition coefficient (Wildman–Crippen LogP) is 1.27. The summed E-state index contributed by atoms with van der Waals surface area (Å²) in [6.07, 6.45) is 0. The van der Waals surface area contributed by atoms with Gasteiger partial charge in [0.1, 0.15) is 12.4 Å². The van der Waals surface area contributed by atoms with Crippen LogP contribution in [0.25, 0.3) is 0 Å². The molecule has 0 unspecified atom stereocenters. The van der Waals surface area contributed by atoms with Crippen molar-refractivity contribution in [1.29, 1.82) is 0 Å². The number of aliphatic hydroxyl groups is 1. The number of ether oxygens (including phenoxy) is 14. The van der Waals surface area contributed by atoms with Gasteiger partial charge >= 0.3 is 0 Å². The summed E-state index contributed by atoms with van der Waals surface area (Å²) in [5.41, 5.74) is 0. The molecule has 0 saturated carbocycles. The lowest BCUT2D eigenvalue weighted by atomic mass is 10.3. The normalized spacial score (nSPS) is 11.4. The van der Waals surface area contributed by atoms with Gasteiger partial charge < -0.3 is 71.4 Å². The van der Waals surface area contributed by atoms with Crippen LogP contribution in [0.5, 0.6) is 5.75 Å². The zero-order valence-electron chi connectivity index (χ0n) is 29.3. The molecule has 1 aromatic rings. The van der Waals surface area contributed by atoms with Gasteiger partial charge in [0.25, 0.3) is 0 Å². The molecule has 0 saturated heterocycles. The van der Waals surface area contributed by atoms with E-state index in [4.69, 9.17) is 71.4 Å². The predicted molar refractivity (Wildman–Crippen MR) is 180 cm³/mol. The van der Waals surface area contributed by atoms with E-state index in [0.29, 0.717) is 178 Å². The molecule has 0 fully saturated rings. The summed E-state index contributed by atoms with van der Waals surface area (Å²) in [7, 11) is 0. The van der Waals surface area contributed by atoms with Crippen LogP contribution in [-0.4, -0.2) is 190 Å². The first-order chi connectivity index (χ1) is 24.4. The van der Waals surface area contributed by atoms with E-state index in [0.717, 1.165) is 5.75 Å². The minimum atomic E-state index is 0.0234. The second-order valence-corrected chi connectivity index (χ2v) is 9.85. The third-order valence-electron chi connectivity index (χ3n) is 5.94. The van der Waals surface area contributed by atoms with Gasteiger partial charge in [-0.1, -0.05) is 18.2 Å². The summed E-state index contributed by atoms with van der Waals surface area (Å²) in [4.78, 5) is 0. The molecule has 49 heavy (non-hydrogen) atoms. The van der Waals surface area contributed by atoms with E-state index in [1.54, 1.807) is 0 Å². The first-order valence-corrected chi connectivity index (χ1v) is 17.2. The molecule has 15 heteroatoms. The van der Waals surface area contributed by atoms with Gasteiger partial charge in [0, 0.05) is 0 Å². The fraction of sp³-hybridized carbons (Fsp3) is 0.824. The van der Waals surface area contributed by atoms with E-state index < -0.39 is 0 Å². The molecule has 15 nitrogen and oxygen atoms in total. The standard InChI is InChI=1S/C34H62O15/c35-6-7-36-8-9-37-10-11-38-12-13-39-14-15-40-16-17-41-18-19-42-20-21-43-22-23-44-24-25-45-26-27-46-28-29-47-30-31-48-32-33-49-34-4-2-1-3-5-34/h1-5,35H,6-33H2. The van der Waals surface area contributed by atoms with Crippen molar-refractivity contribution < 1.29 is 71.4 Å². The molecule has 0 aliphatic heterocycles. The van der Waals surface area contributed by atoms with E-state index >= 15 is 0 Å². The van der Waals surface area contributed by atoms with Gasteiger partial charge in [0.2, 0.25) is 0 Å². The van der Waals surface area contributed by atoms with Crippen molar-refractivity contribution in [2.45, 2.75) is 0 Å². The first-order valence-electron chi connectivity index (χ1n) is 17.2. The summed E-state index contributed by atoms with van der Waals surface area (Å²) in [6, 6.07) is 9.66. The summed E-state index contributed by atoms with van der Waals surface area (Å²) < 4.78 is 76.1. The highest BCUT2D eigenvalue weighted by Crippen LogP contribution is 2.07. The Bertz CT molecular complexity index is 735. The van der Waals surface area contributed by atoms with Gasteiger partial charge in [-0.2, -0.15) is 0 Å². The molecular weight excluding hydrogens is 648 g/mol. The molecule has 288 valence electrons. The van der Waals surface area contributed by atoms with Crippen LogP contribution in [0.15, 0.2) is 30.3 Å². The Morgan fingerprint density at radius 1 is 0.265 bits per heavy atom. The number of hydrogen-bond donors (Lipinski definition) is 1. The van der Waals surface area contributed by atoms with Crippen molar-refractivity contribution >= 4 is 0 Å². The highest BCUT2D eigenvalue weighted by Gasteiger charge is 1.97. The number of rotatable bonds is 42. The van der Waals surface area contributed by atoms with Crippen molar-refractivity contribution in [3.8, 4) is 5.75 Å². The van der Waals surface area contributed by atoms with Gasteiger partial charge in [-0.3, -0.25) is 0 Å². The molecular formula is C34H62O15. The van der Waals surface area contributed by atoms with Crippen molar-refractivity contribution in [1.82, 2.24) is 0 Å². The third kappa shape index (κ3) is 37.5. The molecule has 0 spiro atoms. The lowest BCUT2D eigenvalue weighted by molar-refractivity contribution is -0.0293. The van der Waals surface area contributed by atoms with Crippen LogP contribution in [0.4, 0.5) is 0 Å². The molecule has 0 aliphatic rings. The largest absolute Gasteiger partial charge is 0.491 e. The fourth-order valence-electron chi connectivity index (χ4n) is 3.54. The van der Waals surface area contributed by atoms with Gasteiger partial charge in [0.05, 0.1) is 178 Å². The van der Waals surface area contributed by atoms with Gasteiger partial charge in [-0.05, 0) is 12.1 Å². The first kappa shape index (κ1) is 45.5. The molecule has 0 bridgehead atoms. The minimum absolute atomic E-state index is 0.0234. The van der Waals surface area contributed by atoms with Crippen LogP contribution in [0.2, 0.25) is 0 Å². The maximum absolute atomic E-state index is 8.58. The van der Waals surface area contributed by atoms with Crippen LogP contribution in [0, 0.1) is 0 Å². The average molecular weight is 711 g/mol. The lowest BCUT2D eigenvalue weighted by Crippen LogP contribution is -2.15. The van der Waals surface area contributed by atoms with E-state index in [2.05, 4.69) is 0 Å². The average Bonchev–Trinajstić information content (AvgIpc) is 3.12. The molecule has 0 atom stereocenters. The molecule has 1 N–H and O–H groups in total. The summed E-state index contributed by atoms with van der Waals surface area (Å²) >= 11 is 0. The molecule has 0 radical (unpaired) electrons. The minimum Gasteiger partial charge on any atom is -0.491 e. The van der Waals surface area contributed by atoms with Crippen molar-refractivity contribution in [2.75, 3.05) is 185 Å². The second kappa shape index (κ2) is 40.9. The Morgan fingerprint density at radius 3 is 0.694 bits per heavy atom. The Labute approximate surface area is 292 Å². The number of hydrogen-bond acceptors (Lipinski definition) is 15. The molecule has 0 amide bonds. The number of benzene rings is 1. The lowest BCUT2D eigenvalue weighted by Gasteiger charge is -2.09. The summed E-state index contributed by atoms with van der Waals surface area (Å²) in [6.45, 7) is 13.5. The van der Waals surface area contributed by atoms with Crippen molar-refractivity contribution in [3.63, 3.8) is 0 Å². The van der Waals surface area contributed by atoms with Crippen LogP contribution in [0.1, 0.15) is 0 Å². The Kier molecular flexibility index (Phi) is 37.9. The second-order valence-electron chi connectivity index (χ2n) is 9.85. The van der Waals surface area contributed by atoms with Crippen molar-refractivity contribution in [2.24, 2.45) is 0 Å². The van der Waals surface area contributed by atoms with E-state index in [9.17, 15) is 0 Å². The zero-order valence-corrected chi connectivity index (χ0v) is 29.3. The summed E-state index contributed by atoms with van der Waals surface area (Å²) in [5, 5.41) is 8.58. The molecule has 1 rings (SSSR count). The van der Waals surface area contributed by atoms with E-state index in [1.165, 1.54) is 0 Å². The van der Waals surface area contributed by atoms with Crippen LogP contribution in [-0.2, 0) is 61.6 Å². The Hall–Kier alpha value is -1.54.